The van der Waals surface area contributed by atoms with E-state index in [1.165, 1.54) is 42.6 Å². The van der Waals surface area contributed by atoms with Crippen LogP contribution in [0.3, 0.4) is 0 Å². The van der Waals surface area contributed by atoms with Gasteiger partial charge in [0.2, 0.25) is 0 Å². The second-order valence-corrected chi connectivity index (χ2v) is 5.75. The molecule has 2 nitrogen and oxygen atoms in total. The fraction of sp³-hybridized carbons (Fsp3) is 0.529. The summed E-state index contributed by atoms with van der Waals surface area (Å²) in [5, 5.41) is 3.29. The van der Waals surface area contributed by atoms with Crippen LogP contribution in [0, 0.1) is 12.8 Å². The van der Waals surface area contributed by atoms with Gasteiger partial charge in [-0.2, -0.15) is 0 Å². The molecule has 0 amide bonds. The number of benzene rings is 1. The maximum atomic E-state index is 4.25. The Kier molecular flexibility index (Phi) is 5.17. The number of rotatable bonds is 5. The fourth-order valence-electron chi connectivity index (χ4n) is 2.79. The number of hydrogen-bond acceptors (Lipinski definition) is 2. The molecule has 0 radical (unpaired) electrons. The van der Waals surface area contributed by atoms with E-state index in [0.29, 0.717) is 0 Å². The average molecular weight is 258 g/mol. The van der Waals surface area contributed by atoms with Gasteiger partial charge in [0.05, 0.1) is 0 Å². The molecule has 1 saturated heterocycles. The molecule has 104 valence electrons. The molecule has 1 aromatic rings. The van der Waals surface area contributed by atoms with Crippen molar-refractivity contribution in [3.05, 3.63) is 42.0 Å². The molecule has 0 aliphatic carbocycles. The predicted octanol–water partition coefficient (Wildman–Crippen LogP) is 2.94. The van der Waals surface area contributed by atoms with E-state index in [9.17, 15) is 0 Å². The van der Waals surface area contributed by atoms with Crippen LogP contribution in [0.2, 0.25) is 0 Å². The Morgan fingerprint density at radius 2 is 1.89 bits per heavy atom. The number of nitrogens with zero attached hydrogens (tertiary/aromatic N) is 1. The molecule has 0 saturated carbocycles. The van der Waals surface area contributed by atoms with E-state index in [-0.39, 0.29) is 0 Å². The summed E-state index contributed by atoms with van der Waals surface area (Å²) in [6.07, 6.45) is 2.62. The minimum absolute atomic E-state index is 0.855. The summed E-state index contributed by atoms with van der Waals surface area (Å²) in [5.41, 5.74) is 3.83. The minimum atomic E-state index is 0.855. The van der Waals surface area contributed by atoms with Crippen molar-refractivity contribution in [3.8, 4) is 0 Å². The smallest absolute Gasteiger partial charge is 0.0233 e. The highest BCUT2D eigenvalue weighted by molar-refractivity contribution is 5.64. The van der Waals surface area contributed by atoms with Crippen molar-refractivity contribution in [3.63, 3.8) is 0 Å². The molecular formula is C17H26N2. The van der Waals surface area contributed by atoms with Gasteiger partial charge in [0.1, 0.15) is 0 Å². The first kappa shape index (κ1) is 14.3. The molecule has 2 rings (SSSR count). The van der Waals surface area contributed by atoms with E-state index < -0.39 is 0 Å². The van der Waals surface area contributed by atoms with E-state index in [2.05, 4.69) is 48.0 Å². The largest absolute Gasteiger partial charge is 0.319 e. The lowest BCUT2D eigenvalue weighted by Gasteiger charge is -2.32. The highest BCUT2D eigenvalue weighted by Crippen LogP contribution is 2.20. The van der Waals surface area contributed by atoms with Crippen LogP contribution in [0.15, 0.2) is 30.8 Å². The first-order chi connectivity index (χ1) is 9.19. The standard InChI is InChI=1S/C17H26N2/c1-14-4-6-17(7-5-14)15(2)13-19-10-8-16(9-11-19)12-18-3/h4-7,16,18H,2,8-13H2,1,3H3. The van der Waals surface area contributed by atoms with Crippen molar-refractivity contribution in [2.75, 3.05) is 33.2 Å². The van der Waals surface area contributed by atoms with Gasteiger partial charge in [-0.1, -0.05) is 36.4 Å². The molecule has 2 heteroatoms. The van der Waals surface area contributed by atoms with Crippen LogP contribution in [0.1, 0.15) is 24.0 Å². The van der Waals surface area contributed by atoms with E-state index in [0.717, 1.165) is 19.0 Å². The highest BCUT2D eigenvalue weighted by atomic mass is 15.1. The molecule has 0 unspecified atom stereocenters. The Balaban J connectivity index is 1.82. The van der Waals surface area contributed by atoms with Crippen LogP contribution >= 0.6 is 0 Å². The highest BCUT2D eigenvalue weighted by Gasteiger charge is 2.18. The maximum absolute atomic E-state index is 4.25. The average Bonchev–Trinajstić information content (AvgIpc) is 2.42. The predicted molar refractivity (Wildman–Crippen MR) is 83.3 cm³/mol. The van der Waals surface area contributed by atoms with E-state index in [1.807, 2.05) is 7.05 Å². The molecular weight excluding hydrogens is 232 g/mol. The van der Waals surface area contributed by atoms with Crippen LogP contribution in [-0.4, -0.2) is 38.1 Å². The first-order valence-electron chi connectivity index (χ1n) is 7.31. The van der Waals surface area contributed by atoms with Gasteiger partial charge in [-0.15, -0.1) is 0 Å². The van der Waals surface area contributed by atoms with Gasteiger partial charge in [0.25, 0.3) is 0 Å². The number of aryl methyl sites for hydroxylation is 1. The molecule has 0 bridgehead atoms. The lowest BCUT2D eigenvalue weighted by Crippen LogP contribution is -2.37. The summed E-state index contributed by atoms with van der Waals surface area (Å²) >= 11 is 0. The van der Waals surface area contributed by atoms with Gasteiger partial charge in [-0.3, -0.25) is 4.90 Å². The molecule has 0 atom stereocenters. The summed E-state index contributed by atoms with van der Waals surface area (Å²) in [5.74, 6) is 0.855. The van der Waals surface area contributed by atoms with Gasteiger partial charge < -0.3 is 5.32 Å². The Labute approximate surface area is 117 Å². The number of piperidine rings is 1. The Hall–Kier alpha value is -1.12. The third-order valence-electron chi connectivity index (χ3n) is 4.07. The zero-order chi connectivity index (χ0) is 13.7. The second kappa shape index (κ2) is 6.88. The summed E-state index contributed by atoms with van der Waals surface area (Å²) in [4.78, 5) is 2.54. The van der Waals surface area contributed by atoms with Crippen molar-refractivity contribution < 1.29 is 0 Å². The SMILES string of the molecule is C=C(CN1CCC(CNC)CC1)c1ccc(C)cc1. The molecule has 1 aromatic carbocycles. The number of likely N-dealkylation sites (tertiary alicyclic amines) is 1. The van der Waals surface area contributed by atoms with E-state index in [4.69, 9.17) is 0 Å². The third kappa shape index (κ3) is 4.19. The van der Waals surface area contributed by atoms with Crippen molar-refractivity contribution in [1.82, 2.24) is 10.2 Å². The summed E-state index contributed by atoms with van der Waals surface area (Å²) < 4.78 is 0. The Bertz CT molecular complexity index is 400. The summed E-state index contributed by atoms with van der Waals surface area (Å²) in [7, 11) is 2.05. The zero-order valence-electron chi connectivity index (χ0n) is 12.3. The van der Waals surface area contributed by atoms with Crippen molar-refractivity contribution in [2.24, 2.45) is 5.92 Å². The van der Waals surface area contributed by atoms with Gasteiger partial charge in [-0.05, 0) is 63.5 Å². The molecule has 19 heavy (non-hydrogen) atoms. The lowest BCUT2D eigenvalue weighted by molar-refractivity contribution is 0.202. The number of nitrogens with one attached hydrogen (secondary N) is 1. The molecule has 1 heterocycles. The van der Waals surface area contributed by atoms with Crippen LogP contribution in [0.25, 0.3) is 5.57 Å². The molecule has 1 fully saturated rings. The van der Waals surface area contributed by atoms with Crippen molar-refractivity contribution in [1.29, 1.82) is 0 Å². The van der Waals surface area contributed by atoms with Gasteiger partial charge in [-0.25, -0.2) is 0 Å². The van der Waals surface area contributed by atoms with Crippen LogP contribution in [-0.2, 0) is 0 Å². The molecule has 1 aliphatic rings. The number of hydrogen-bond donors (Lipinski definition) is 1. The van der Waals surface area contributed by atoms with E-state index in [1.54, 1.807) is 0 Å². The quantitative estimate of drug-likeness (QED) is 0.873. The normalized spacial score (nSPS) is 17.6. The van der Waals surface area contributed by atoms with Gasteiger partial charge in [0, 0.05) is 6.54 Å². The van der Waals surface area contributed by atoms with Gasteiger partial charge >= 0.3 is 0 Å². The summed E-state index contributed by atoms with van der Waals surface area (Å²) in [6.45, 7) is 11.0. The van der Waals surface area contributed by atoms with E-state index >= 15 is 0 Å². The maximum Gasteiger partial charge on any atom is 0.0233 e. The Morgan fingerprint density at radius 1 is 1.26 bits per heavy atom. The Morgan fingerprint density at radius 3 is 2.47 bits per heavy atom. The molecule has 0 aromatic heterocycles. The van der Waals surface area contributed by atoms with Crippen molar-refractivity contribution in [2.45, 2.75) is 19.8 Å². The second-order valence-electron chi connectivity index (χ2n) is 5.75. The summed E-state index contributed by atoms with van der Waals surface area (Å²) in [6, 6.07) is 8.70. The van der Waals surface area contributed by atoms with Crippen LogP contribution in [0.5, 0.6) is 0 Å². The first-order valence-corrected chi connectivity index (χ1v) is 7.31. The zero-order valence-corrected chi connectivity index (χ0v) is 12.3. The van der Waals surface area contributed by atoms with Crippen LogP contribution in [0.4, 0.5) is 0 Å². The lowest BCUT2D eigenvalue weighted by atomic mass is 9.96. The third-order valence-corrected chi connectivity index (χ3v) is 4.07. The van der Waals surface area contributed by atoms with Crippen LogP contribution < -0.4 is 5.32 Å². The van der Waals surface area contributed by atoms with Gasteiger partial charge in [0.15, 0.2) is 0 Å². The monoisotopic (exact) mass is 258 g/mol. The minimum Gasteiger partial charge on any atom is -0.319 e. The molecule has 1 aliphatic heterocycles. The molecule has 0 spiro atoms. The fourth-order valence-corrected chi connectivity index (χ4v) is 2.79. The van der Waals surface area contributed by atoms with Crippen molar-refractivity contribution >= 4 is 5.57 Å². The topological polar surface area (TPSA) is 15.3 Å². The molecule has 1 N–H and O–H groups in total.